The van der Waals surface area contributed by atoms with Gasteiger partial charge in [-0.25, -0.2) is 9.38 Å². The highest BCUT2D eigenvalue weighted by Gasteiger charge is 2.28. The van der Waals surface area contributed by atoms with Crippen LogP contribution in [0, 0.1) is 0 Å². The van der Waals surface area contributed by atoms with Gasteiger partial charge in [-0.1, -0.05) is 12.7 Å². The first-order chi connectivity index (χ1) is 13.1. The number of carbonyl (C=O) groups is 1. The van der Waals surface area contributed by atoms with Crippen molar-refractivity contribution in [2.24, 2.45) is 10.7 Å². The van der Waals surface area contributed by atoms with Crippen LogP contribution in [-0.2, 0) is 4.79 Å². The van der Waals surface area contributed by atoms with Crippen molar-refractivity contribution in [1.29, 1.82) is 0 Å². The minimum Gasteiger partial charge on any atom is -0.357 e. The lowest BCUT2D eigenvalue weighted by atomic mass is 9.90. The Balaban J connectivity index is 1.81. The highest BCUT2D eigenvalue weighted by molar-refractivity contribution is 5.87. The highest BCUT2D eigenvalue weighted by Crippen LogP contribution is 2.31. The minimum atomic E-state index is -0.500. The number of benzene rings is 1. The van der Waals surface area contributed by atoms with Crippen LogP contribution in [0.4, 0.5) is 4.39 Å². The number of amides is 1. The number of nitrogens with zero attached hydrogens (tertiary/aromatic N) is 2. The van der Waals surface area contributed by atoms with Crippen LogP contribution in [0.2, 0.25) is 0 Å². The topological polar surface area (TPSA) is 70.7 Å². The Bertz CT molecular complexity index is 979. The van der Waals surface area contributed by atoms with E-state index in [0.29, 0.717) is 18.7 Å². The van der Waals surface area contributed by atoms with E-state index in [1.54, 1.807) is 11.0 Å². The molecule has 0 aromatic heterocycles. The zero-order valence-corrected chi connectivity index (χ0v) is 15.1. The van der Waals surface area contributed by atoms with Gasteiger partial charge in [-0.15, -0.1) is 0 Å². The van der Waals surface area contributed by atoms with Gasteiger partial charge in [0, 0.05) is 36.0 Å². The van der Waals surface area contributed by atoms with Crippen molar-refractivity contribution < 1.29 is 9.18 Å². The number of rotatable bonds is 3. The molecule has 0 bridgehead atoms. The summed E-state index contributed by atoms with van der Waals surface area (Å²) in [5.41, 5.74) is 8.44. The summed E-state index contributed by atoms with van der Waals surface area (Å²) >= 11 is 0. The smallest absolute Gasteiger partial charge is 0.245 e. The molecule has 0 spiro atoms. The van der Waals surface area contributed by atoms with Gasteiger partial charge in [-0.2, -0.15) is 0 Å². The number of allylic oxidation sites excluding steroid dienone is 4. The Morgan fingerprint density at radius 1 is 1.37 bits per heavy atom. The van der Waals surface area contributed by atoms with Gasteiger partial charge in [0.1, 0.15) is 5.83 Å². The molecule has 6 heteroatoms. The second kappa shape index (κ2) is 7.12. The van der Waals surface area contributed by atoms with Crippen molar-refractivity contribution in [2.45, 2.75) is 31.5 Å². The Morgan fingerprint density at radius 2 is 2.19 bits per heavy atom. The number of likely N-dealkylation sites (tertiary alicyclic amines) is 1. The van der Waals surface area contributed by atoms with Gasteiger partial charge in [-0.3, -0.25) is 10.5 Å². The van der Waals surface area contributed by atoms with E-state index in [4.69, 9.17) is 5.73 Å². The first kappa shape index (κ1) is 17.7. The molecule has 140 valence electrons. The Hall–Kier alpha value is -2.73. The molecule has 1 amide bonds. The maximum atomic E-state index is 14.4. The molecule has 2 atom stereocenters. The summed E-state index contributed by atoms with van der Waals surface area (Å²) in [7, 11) is 0. The standard InChI is InChI=1S/C21H23FN4O/c1-2-19(27)26-8-7-13(12-26)17-10-14(16-5-3-4-6-18(16)22)9-15-11-24-21(23)25-20(15)17/h2,5-6,9-11,13,21,24H,1,3-4,7-8,12,23H2. The van der Waals surface area contributed by atoms with Crippen LogP contribution in [0.15, 0.2) is 47.8 Å². The van der Waals surface area contributed by atoms with Crippen molar-refractivity contribution >= 4 is 17.7 Å². The number of nitrogens with two attached hydrogens (primary N) is 1. The predicted octanol–water partition coefficient (Wildman–Crippen LogP) is 1.42. The van der Waals surface area contributed by atoms with E-state index in [1.165, 1.54) is 6.08 Å². The lowest BCUT2D eigenvalue weighted by Crippen LogP contribution is -2.45. The molecule has 3 N–H and O–H groups in total. The monoisotopic (exact) mass is 366 g/mol. The molecule has 1 saturated heterocycles. The van der Waals surface area contributed by atoms with E-state index in [2.05, 4.69) is 16.9 Å². The molecule has 1 aliphatic carbocycles. The van der Waals surface area contributed by atoms with Crippen molar-refractivity contribution in [2.75, 3.05) is 13.1 Å². The molecule has 5 nitrogen and oxygen atoms in total. The molecule has 3 aliphatic rings. The molecule has 2 unspecified atom stereocenters. The average molecular weight is 366 g/mol. The SMILES string of the molecule is C=CC(=O)N1CCC(c2cc(C3=CCCC=C3F)cc3c2=NC(N)NC=3)C1. The Morgan fingerprint density at radius 3 is 2.96 bits per heavy atom. The first-order valence-corrected chi connectivity index (χ1v) is 9.28. The van der Waals surface area contributed by atoms with Crippen LogP contribution in [0.25, 0.3) is 11.8 Å². The molecule has 27 heavy (non-hydrogen) atoms. The van der Waals surface area contributed by atoms with Crippen molar-refractivity contribution in [3.63, 3.8) is 0 Å². The number of hydrogen-bond acceptors (Lipinski definition) is 4. The molecule has 1 fully saturated rings. The fourth-order valence-electron chi connectivity index (χ4n) is 4.00. The molecule has 2 aliphatic heterocycles. The molecule has 4 rings (SSSR count). The van der Waals surface area contributed by atoms with Crippen molar-refractivity contribution in [1.82, 2.24) is 10.2 Å². The van der Waals surface area contributed by atoms with E-state index < -0.39 is 6.29 Å². The summed E-state index contributed by atoms with van der Waals surface area (Å²) in [6.45, 7) is 4.86. The number of carbonyl (C=O) groups excluding carboxylic acids is 1. The van der Waals surface area contributed by atoms with Gasteiger partial charge < -0.3 is 10.2 Å². The lowest BCUT2D eigenvalue weighted by molar-refractivity contribution is -0.125. The zero-order chi connectivity index (χ0) is 19.0. The molecule has 1 aromatic rings. The quantitative estimate of drug-likeness (QED) is 0.795. The van der Waals surface area contributed by atoms with Crippen LogP contribution in [0.3, 0.4) is 0 Å². The molecule has 0 saturated carbocycles. The van der Waals surface area contributed by atoms with E-state index in [9.17, 15) is 9.18 Å². The van der Waals surface area contributed by atoms with Gasteiger partial charge in [0.15, 0.2) is 6.29 Å². The third-order valence-corrected chi connectivity index (χ3v) is 5.37. The third-order valence-electron chi connectivity index (χ3n) is 5.37. The fraction of sp³-hybridized carbons (Fsp3) is 0.333. The molecule has 2 heterocycles. The number of fused-ring (bicyclic) bond motifs is 1. The lowest BCUT2D eigenvalue weighted by Gasteiger charge is -2.20. The van der Waals surface area contributed by atoms with Crippen LogP contribution >= 0.6 is 0 Å². The third kappa shape index (κ3) is 3.32. The first-order valence-electron chi connectivity index (χ1n) is 9.28. The largest absolute Gasteiger partial charge is 0.357 e. The highest BCUT2D eigenvalue weighted by atomic mass is 19.1. The van der Waals surface area contributed by atoms with E-state index >= 15 is 0 Å². The van der Waals surface area contributed by atoms with E-state index in [0.717, 1.165) is 41.0 Å². The van der Waals surface area contributed by atoms with Crippen molar-refractivity contribution in [3.8, 4) is 0 Å². The van der Waals surface area contributed by atoms with Gasteiger partial charge in [-0.05, 0) is 54.7 Å². The van der Waals surface area contributed by atoms with Crippen LogP contribution < -0.4 is 21.6 Å². The molecule has 1 aromatic carbocycles. The second-order valence-electron chi connectivity index (χ2n) is 7.11. The van der Waals surface area contributed by atoms with Crippen LogP contribution in [0.1, 0.15) is 36.3 Å². The summed E-state index contributed by atoms with van der Waals surface area (Å²) in [6, 6.07) is 3.97. The normalized spacial score (nSPS) is 24.0. The summed E-state index contributed by atoms with van der Waals surface area (Å²) < 4.78 is 14.4. The second-order valence-corrected chi connectivity index (χ2v) is 7.11. The Kier molecular flexibility index (Phi) is 4.66. The van der Waals surface area contributed by atoms with E-state index in [1.807, 2.05) is 24.4 Å². The van der Waals surface area contributed by atoms with Crippen LogP contribution in [0.5, 0.6) is 0 Å². The zero-order valence-electron chi connectivity index (χ0n) is 15.1. The Labute approximate surface area is 157 Å². The average Bonchev–Trinajstić information content (AvgIpc) is 3.17. The predicted molar refractivity (Wildman–Crippen MR) is 103 cm³/mol. The van der Waals surface area contributed by atoms with Crippen LogP contribution in [-0.4, -0.2) is 30.2 Å². The summed E-state index contributed by atoms with van der Waals surface area (Å²) in [5, 5.41) is 4.75. The summed E-state index contributed by atoms with van der Waals surface area (Å²) in [4.78, 5) is 18.3. The minimum absolute atomic E-state index is 0.0617. The van der Waals surface area contributed by atoms with Crippen molar-refractivity contribution in [3.05, 3.63) is 64.5 Å². The molecular formula is C21H23FN4O. The van der Waals surface area contributed by atoms with Gasteiger partial charge in [0.25, 0.3) is 0 Å². The maximum absolute atomic E-state index is 14.4. The van der Waals surface area contributed by atoms with Gasteiger partial charge in [0.05, 0.1) is 5.36 Å². The summed E-state index contributed by atoms with van der Waals surface area (Å²) in [6.07, 6.45) is 8.67. The van der Waals surface area contributed by atoms with Gasteiger partial charge in [0.2, 0.25) is 5.91 Å². The molecular weight excluding hydrogens is 343 g/mol. The number of nitrogens with one attached hydrogen (secondary N) is 1. The fourth-order valence-corrected chi connectivity index (χ4v) is 4.00. The maximum Gasteiger partial charge on any atom is 0.245 e. The van der Waals surface area contributed by atoms with Gasteiger partial charge >= 0.3 is 0 Å². The number of hydrogen-bond donors (Lipinski definition) is 2. The number of halogens is 1. The van der Waals surface area contributed by atoms with E-state index in [-0.39, 0.29) is 17.7 Å². The molecule has 0 radical (unpaired) electrons. The summed E-state index contributed by atoms with van der Waals surface area (Å²) in [5.74, 6) is -0.103.